The molecule has 0 bridgehead atoms. The van der Waals surface area contributed by atoms with Crippen LogP contribution in [0.15, 0.2) is 38.9 Å². The SMILES string of the molecule is Brc1csc(CNc2ccncc2Br)c1. The second-order valence-corrected chi connectivity index (χ2v) is 5.71. The summed E-state index contributed by atoms with van der Waals surface area (Å²) in [4.78, 5) is 5.31. The number of rotatable bonds is 3. The van der Waals surface area contributed by atoms with E-state index in [1.165, 1.54) is 4.88 Å². The van der Waals surface area contributed by atoms with E-state index < -0.39 is 0 Å². The average Bonchev–Trinajstić information content (AvgIpc) is 2.63. The Bertz CT molecular complexity index is 456. The smallest absolute Gasteiger partial charge is 0.0590 e. The molecule has 2 aromatic heterocycles. The average molecular weight is 348 g/mol. The highest BCUT2D eigenvalue weighted by Gasteiger charge is 2.00. The minimum Gasteiger partial charge on any atom is -0.379 e. The molecule has 0 aliphatic heterocycles. The first-order chi connectivity index (χ1) is 7.25. The number of thiophene rings is 1. The van der Waals surface area contributed by atoms with Crippen LogP contribution in [0.25, 0.3) is 0 Å². The monoisotopic (exact) mass is 346 g/mol. The third kappa shape index (κ3) is 3.03. The molecular formula is C10H8Br2N2S. The Morgan fingerprint density at radius 1 is 1.40 bits per heavy atom. The second kappa shape index (κ2) is 5.09. The summed E-state index contributed by atoms with van der Waals surface area (Å²) in [5.41, 5.74) is 1.06. The molecule has 0 aliphatic carbocycles. The summed E-state index contributed by atoms with van der Waals surface area (Å²) < 4.78 is 2.12. The second-order valence-electron chi connectivity index (χ2n) is 2.94. The first-order valence-corrected chi connectivity index (χ1v) is 6.78. The lowest BCUT2D eigenvalue weighted by Gasteiger charge is -2.05. The number of aromatic nitrogens is 1. The van der Waals surface area contributed by atoms with Crippen molar-refractivity contribution in [1.82, 2.24) is 4.98 Å². The number of nitrogens with zero attached hydrogens (tertiary/aromatic N) is 1. The quantitative estimate of drug-likeness (QED) is 0.896. The fraction of sp³-hybridized carbons (Fsp3) is 0.100. The summed E-state index contributed by atoms with van der Waals surface area (Å²) in [7, 11) is 0. The van der Waals surface area contributed by atoms with Crippen LogP contribution in [0.1, 0.15) is 4.88 Å². The van der Waals surface area contributed by atoms with Gasteiger partial charge in [-0.3, -0.25) is 4.98 Å². The molecule has 0 atom stereocenters. The van der Waals surface area contributed by atoms with Gasteiger partial charge in [-0.15, -0.1) is 11.3 Å². The molecule has 78 valence electrons. The normalized spacial score (nSPS) is 10.3. The molecule has 2 aromatic rings. The third-order valence-electron chi connectivity index (χ3n) is 1.85. The van der Waals surface area contributed by atoms with Crippen molar-refractivity contribution in [1.29, 1.82) is 0 Å². The standard InChI is InChI=1S/C10H8Br2N2S/c11-7-3-8(15-6-7)4-14-10-1-2-13-5-9(10)12/h1-3,5-6H,4H2,(H,13,14). The topological polar surface area (TPSA) is 24.9 Å². The molecule has 0 aromatic carbocycles. The molecule has 0 amide bonds. The zero-order valence-electron chi connectivity index (χ0n) is 7.71. The number of pyridine rings is 1. The highest BCUT2D eigenvalue weighted by atomic mass is 79.9. The van der Waals surface area contributed by atoms with E-state index in [0.717, 1.165) is 21.2 Å². The minimum absolute atomic E-state index is 0.832. The van der Waals surface area contributed by atoms with Crippen molar-refractivity contribution in [2.45, 2.75) is 6.54 Å². The van der Waals surface area contributed by atoms with E-state index in [1.807, 2.05) is 6.07 Å². The van der Waals surface area contributed by atoms with Crippen LogP contribution in [0.2, 0.25) is 0 Å². The summed E-state index contributed by atoms with van der Waals surface area (Å²) in [6, 6.07) is 4.07. The molecule has 0 aliphatic rings. The summed E-state index contributed by atoms with van der Waals surface area (Å²) >= 11 is 8.61. The number of halogens is 2. The molecule has 0 unspecified atom stereocenters. The fourth-order valence-electron chi connectivity index (χ4n) is 1.15. The molecule has 0 saturated carbocycles. The van der Waals surface area contributed by atoms with Crippen molar-refractivity contribution in [2.24, 2.45) is 0 Å². The fourth-order valence-corrected chi connectivity index (χ4v) is 2.93. The summed E-state index contributed by atoms with van der Waals surface area (Å²) in [6.07, 6.45) is 3.56. The van der Waals surface area contributed by atoms with Gasteiger partial charge in [0.15, 0.2) is 0 Å². The van der Waals surface area contributed by atoms with Crippen molar-refractivity contribution >= 4 is 48.9 Å². The predicted octanol–water partition coefficient (Wildman–Crippen LogP) is 4.28. The van der Waals surface area contributed by atoms with Gasteiger partial charge in [-0.05, 0) is 44.0 Å². The summed E-state index contributed by atoms with van der Waals surface area (Å²) in [5.74, 6) is 0. The molecule has 0 radical (unpaired) electrons. The van der Waals surface area contributed by atoms with Gasteiger partial charge < -0.3 is 5.32 Å². The molecule has 0 saturated heterocycles. The maximum absolute atomic E-state index is 4.01. The molecule has 1 N–H and O–H groups in total. The lowest BCUT2D eigenvalue weighted by molar-refractivity contribution is 1.17. The van der Waals surface area contributed by atoms with Crippen molar-refractivity contribution in [3.8, 4) is 0 Å². The lowest BCUT2D eigenvalue weighted by Crippen LogP contribution is -1.98. The van der Waals surface area contributed by atoms with Crippen LogP contribution in [0.4, 0.5) is 5.69 Å². The Hall–Kier alpha value is -0.390. The molecule has 0 spiro atoms. The molecule has 2 nitrogen and oxygen atoms in total. The van der Waals surface area contributed by atoms with Gasteiger partial charge >= 0.3 is 0 Å². The van der Waals surface area contributed by atoms with E-state index in [0.29, 0.717) is 0 Å². The van der Waals surface area contributed by atoms with Crippen LogP contribution in [0, 0.1) is 0 Å². The first-order valence-electron chi connectivity index (χ1n) is 4.32. The van der Waals surface area contributed by atoms with Crippen LogP contribution in [0.3, 0.4) is 0 Å². The Balaban J connectivity index is 2.02. The van der Waals surface area contributed by atoms with E-state index in [9.17, 15) is 0 Å². The maximum Gasteiger partial charge on any atom is 0.0590 e. The van der Waals surface area contributed by atoms with Gasteiger partial charge in [0.05, 0.1) is 10.2 Å². The summed E-state index contributed by atoms with van der Waals surface area (Å²) in [6.45, 7) is 0.832. The van der Waals surface area contributed by atoms with Gasteiger partial charge in [0.2, 0.25) is 0 Å². The van der Waals surface area contributed by atoms with E-state index in [2.05, 4.69) is 53.6 Å². The van der Waals surface area contributed by atoms with E-state index in [4.69, 9.17) is 0 Å². The number of nitrogens with one attached hydrogen (secondary N) is 1. The van der Waals surface area contributed by atoms with Crippen LogP contribution in [0.5, 0.6) is 0 Å². The van der Waals surface area contributed by atoms with Gasteiger partial charge in [-0.25, -0.2) is 0 Å². The highest BCUT2D eigenvalue weighted by molar-refractivity contribution is 9.10. The van der Waals surface area contributed by atoms with Gasteiger partial charge in [-0.1, -0.05) is 0 Å². The van der Waals surface area contributed by atoms with E-state index in [-0.39, 0.29) is 0 Å². The zero-order chi connectivity index (χ0) is 10.7. The predicted molar refractivity (Wildman–Crippen MR) is 71.3 cm³/mol. The Morgan fingerprint density at radius 3 is 2.93 bits per heavy atom. The third-order valence-corrected chi connectivity index (χ3v) is 4.18. The van der Waals surface area contributed by atoms with Crippen molar-refractivity contribution < 1.29 is 0 Å². The number of hydrogen-bond acceptors (Lipinski definition) is 3. The van der Waals surface area contributed by atoms with Crippen LogP contribution >= 0.6 is 43.2 Å². The zero-order valence-corrected chi connectivity index (χ0v) is 11.7. The molecule has 2 rings (SSSR count). The van der Waals surface area contributed by atoms with Crippen molar-refractivity contribution in [2.75, 3.05) is 5.32 Å². The molecular weight excluding hydrogens is 340 g/mol. The van der Waals surface area contributed by atoms with Crippen molar-refractivity contribution in [3.63, 3.8) is 0 Å². The number of hydrogen-bond donors (Lipinski definition) is 1. The van der Waals surface area contributed by atoms with E-state index >= 15 is 0 Å². The minimum atomic E-state index is 0.832. The Morgan fingerprint density at radius 2 is 2.27 bits per heavy atom. The largest absolute Gasteiger partial charge is 0.379 e. The van der Waals surface area contributed by atoms with Crippen LogP contribution in [-0.4, -0.2) is 4.98 Å². The molecule has 0 fully saturated rings. The van der Waals surface area contributed by atoms with Gasteiger partial charge in [-0.2, -0.15) is 0 Å². The summed E-state index contributed by atoms with van der Waals surface area (Å²) in [5, 5.41) is 5.43. The van der Waals surface area contributed by atoms with Crippen molar-refractivity contribution in [3.05, 3.63) is 43.7 Å². The molecule has 15 heavy (non-hydrogen) atoms. The molecule has 5 heteroatoms. The Kier molecular flexibility index (Phi) is 3.77. The Labute approximate surface area is 109 Å². The first kappa shape index (κ1) is 11.1. The number of anilines is 1. The highest BCUT2D eigenvalue weighted by Crippen LogP contribution is 2.23. The van der Waals surface area contributed by atoms with Crippen LogP contribution < -0.4 is 5.32 Å². The maximum atomic E-state index is 4.01. The van der Waals surface area contributed by atoms with Crippen LogP contribution in [-0.2, 0) is 6.54 Å². The lowest BCUT2D eigenvalue weighted by atomic mass is 10.4. The van der Waals surface area contributed by atoms with E-state index in [1.54, 1.807) is 23.7 Å². The molecule has 2 heterocycles. The van der Waals surface area contributed by atoms with Gasteiger partial charge in [0.25, 0.3) is 0 Å². The van der Waals surface area contributed by atoms with Gasteiger partial charge in [0.1, 0.15) is 0 Å². The van der Waals surface area contributed by atoms with Gasteiger partial charge in [0, 0.05) is 33.7 Å².